The first-order valence-electron chi connectivity index (χ1n) is 8.82. The number of nitrogens with zero attached hydrogens (tertiary/aromatic N) is 3. The molecule has 130 valence electrons. The van der Waals surface area contributed by atoms with Gasteiger partial charge in [0.25, 0.3) is 0 Å². The molecule has 1 aromatic heterocycles. The number of carbonyl (C=O) groups is 2. The monoisotopic (exact) mass is 330 g/mol. The predicted molar refractivity (Wildman–Crippen MR) is 91.2 cm³/mol. The fourth-order valence-corrected chi connectivity index (χ4v) is 3.91. The molecular formula is C18H26N4O2. The summed E-state index contributed by atoms with van der Waals surface area (Å²) < 4.78 is 0. The Hall–Kier alpha value is -2.11. The highest BCUT2D eigenvalue weighted by Gasteiger charge is 2.42. The summed E-state index contributed by atoms with van der Waals surface area (Å²) >= 11 is 0. The van der Waals surface area contributed by atoms with Crippen molar-refractivity contribution in [1.82, 2.24) is 20.1 Å². The van der Waals surface area contributed by atoms with E-state index in [0.29, 0.717) is 19.5 Å². The second-order valence-electron chi connectivity index (χ2n) is 6.93. The van der Waals surface area contributed by atoms with Crippen LogP contribution in [0.15, 0.2) is 24.4 Å². The molecule has 24 heavy (non-hydrogen) atoms. The first kappa shape index (κ1) is 16.7. The average molecular weight is 330 g/mol. The summed E-state index contributed by atoms with van der Waals surface area (Å²) in [6, 6.07) is 5.80. The van der Waals surface area contributed by atoms with Crippen LogP contribution in [0.2, 0.25) is 0 Å². The number of aromatic nitrogens is 1. The molecular weight excluding hydrogens is 304 g/mol. The van der Waals surface area contributed by atoms with Gasteiger partial charge in [-0.05, 0) is 38.3 Å². The Balaban J connectivity index is 1.69. The molecule has 2 saturated heterocycles. The van der Waals surface area contributed by atoms with Crippen molar-refractivity contribution in [3.05, 3.63) is 30.1 Å². The predicted octanol–water partition coefficient (Wildman–Crippen LogP) is 2.02. The molecule has 6 nitrogen and oxygen atoms in total. The topological polar surface area (TPSA) is 65.5 Å². The highest BCUT2D eigenvalue weighted by Crippen LogP contribution is 2.39. The molecule has 0 aliphatic carbocycles. The van der Waals surface area contributed by atoms with Crippen molar-refractivity contribution >= 4 is 11.9 Å². The third-order valence-electron chi connectivity index (χ3n) is 5.10. The van der Waals surface area contributed by atoms with Crippen LogP contribution in [0, 0.1) is 5.41 Å². The third-order valence-corrected chi connectivity index (χ3v) is 5.10. The zero-order valence-electron chi connectivity index (χ0n) is 14.3. The maximum absolute atomic E-state index is 12.3. The van der Waals surface area contributed by atoms with Gasteiger partial charge in [0, 0.05) is 44.2 Å². The molecule has 1 atom stereocenters. The van der Waals surface area contributed by atoms with Gasteiger partial charge in [-0.2, -0.15) is 0 Å². The minimum atomic E-state index is 0.0183. The van der Waals surface area contributed by atoms with Gasteiger partial charge in [0.1, 0.15) is 0 Å². The minimum absolute atomic E-state index is 0.0183. The highest BCUT2D eigenvalue weighted by molar-refractivity contribution is 5.77. The van der Waals surface area contributed by atoms with Gasteiger partial charge in [0.05, 0.1) is 12.2 Å². The third kappa shape index (κ3) is 3.68. The Bertz CT molecular complexity index is 592. The minimum Gasteiger partial charge on any atom is -0.338 e. The van der Waals surface area contributed by atoms with Gasteiger partial charge in [-0.1, -0.05) is 6.07 Å². The zero-order chi connectivity index (χ0) is 17.0. The number of piperidine rings is 2. The van der Waals surface area contributed by atoms with Gasteiger partial charge in [0.2, 0.25) is 5.91 Å². The number of hydrogen-bond acceptors (Lipinski definition) is 3. The summed E-state index contributed by atoms with van der Waals surface area (Å²) in [5.41, 5.74) is 0.950. The van der Waals surface area contributed by atoms with Crippen molar-refractivity contribution in [2.75, 3.05) is 26.2 Å². The Morgan fingerprint density at radius 1 is 1.33 bits per heavy atom. The maximum atomic E-state index is 12.3. The van der Waals surface area contributed by atoms with Crippen molar-refractivity contribution in [2.45, 2.75) is 39.2 Å². The number of hydrogen-bond donors (Lipinski definition) is 1. The standard InChI is InChI=1S/C18H26N4O2/c1-2-19-17(24)21-11-5-8-18(13-21)9-7-16(23)22(14-18)12-15-6-3-4-10-20-15/h3-4,6,10H,2,5,7-9,11-14H2,1H3,(H,19,24)/t18-/m0/s1. The van der Waals surface area contributed by atoms with Crippen LogP contribution in [0.5, 0.6) is 0 Å². The van der Waals surface area contributed by atoms with Crippen LogP contribution in [-0.2, 0) is 11.3 Å². The second kappa shape index (κ2) is 7.20. The van der Waals surface area contributed by atoms with E-state index in [1.807, 2.05) is 34.9 Å². The van der Waals surface area contributed by atoms with E-state index in [-0.39, 0.29) is 17.4 Å². The van der Waals surface area contributed by atoms with E-state index in [4.69, 9.17) is 0 Å². The first-order valence-corrected chi connectivity index (χ1v) is 8.82. The number of pyridine rings is 1. The lowest BCUT2D eigenvalue weighted by Crippen LogP contribution is -2.56. The number of amides is 3. The van der Waals surface area contributed by atoms with Crippen molar-refractivity contribution in [3.8, 4) is 0 Å². The average Bonchev–Trinajstić information content (AvgIpc) is 2.60. The first-order chi connectivity index (χ1) is 11.6. The summed E-state index contributed by atoms with van der Waals surface area (Å²) in [5, 5.41) is 2.89. The molecule has 1 aromatic rings. The van der Waals surface area contributed by atoms with Crippen molar-refractivity contribution < 1.29 is 9.59 Å². The molecule has 2 aliphatic heterocycles. The van der Waals surface area contributed by atoms with E-state index in [2.05, 4.69) is 10.3 Å². The Morgan fingerprint density at radius 3 is 2.96 bits per heavy atom. The fraction of sp³-hybridized carbons (Fsp3) is 0.611. The van der Waals surface area contributed by atoms with Gasteiger partial charge in [-0.3, -0.25) is 9.78 Å². The van der Waals surface area contributed by atoms with Crippen LogP contribution < -0.4 is 5.32 Å². The summed E-state index contributed by atoms with van der Waals surface area (Å²) in [5.74, 6) is 0.196. The van der Waals surface area contributed by atoms with Gasteiger partial charge < -0.3 is 15.1 Å². The van der Waals surface area contributed by atoms with Gasteiger partial charge in [0.15, 0.2) is 0 Å². The highest BCUT2D eigenvalue weighted by atomic mass is 16.2. The zero-order valence-corrected chi connectivity index (χ0v) is 14.3. The molecule has 3 rings (SSSR count). The molecule has 0 bridgehead atoms. The van der Waals surface area contributed by atoms with Crippen molar-refractivity contribution in [1.29, 1.82) is 0 Å². The molecule has 0 aromatic carbocycles. The van der Waals surface area contributed by atoms with E-state index in [1.165, 1.54) is 0 Å². The maximum Gasteiger partial charge on any atom is 0.317 e. The molecule has 0 unspecified atom stereocenters. The Kier molecular flexibility index (Phi) is 5.02. The number of carbonyl (C=O) groups excluding carboxylic acids is 2. The molecule has 3 amide bonds. The van der Waals surface area contributed by atoms with Crippen LogP contribution in [0.25, 0.3) is 0 Å². The van der Waals surface area contributed by atoms with Crippen LogP contribution in [0.4, 0.5) is 4.79 Å². The van der Waals surface area contributed by atoms with Gasteiger partial charge in [-0.15, -0.1) is 0 Å². The van der Waals surface area contributed by atoms with E-state index in [1.54, 1.807) is 6.20 Å². The number of nitrogens with one attached hydrogen (secondary N) is 1. The van der Waals surface area contributed by atoms with Crippen LogP contribution in [0.3, 0.4) is 0 Å². The SMILES string of the molecule is CCNC(=O)N1CCC[C@]2(CCC(=O)N(Cc3ccccn3)C2)C1. The van der Waals surface area contributed by atoms with Gasteiger partial charge in [-0.25, -0.2) is 4.79 Å². The molecule has 1 N–H and O–H groups in total. The number of urea groups is 1. The van der Waals surface area contributed by atoms with E-state index in [9.17, 15) is 9.59 Å². The summed E-state index contributed by atoms with van der Waals surface area (Å²) in [6.45, 7) is 5.41. The molecule has 0 radical (unpaired) electrons. The van der Waals surface area contributed by atoms with Crippen LogP contribution in [-0.4, -0.2) is 52.9 Å². The molecule has 6 heteroatoms. The number of rotatable bonds is 3. The van der Waals surface area contributed by atoms with E-state index in [0.717, 1.165) is 44.6 Å². The van der Waals surface area contributed by atoms with E-state index < -0.39 is 0 Å². The fourth-order valence-electron chi connectivity index (χ4n) is 3.91. The molecule has 0 saturated carbocycles. The Labute approximate surface area is 143 Å². The summed E-state index contributed by atoms with van der Waals surface area (Å²) in [6.07, 6.45) is 5.28. The molecule has 1 spiro atoms. The summed E-state index contributed by atoms with van der Waals surface area (Å²) in [4.78, 5) is 32.7. The number of likely N-dealkylation sites (tertiary alicyclic amines) is 2. The van der Waals surface area contributed by atoms with Crippen LogP contribution >= 0.6 is 0 Å². The second-order valence-corrected chi connectivity index (χ2v) is 6.93. The molecule has 2 fully saturated rings. The van der Waals surface area contributed by atoms with Crippen molar-refractivity contribution in [3.63, 3.8) is 0 Å². The largest absolute Gasteiger partial charge is 0.338 e. The molecule has 2 aliphatic rings. The quantitative estimate of drug-likeness (QED) is 0.922. The lowest BCUT2D eigenvalue weighted by atomic mass is 9.73. The smallest absolute Gasteiger partial charge is 0.317 e. The van der Waals surface area contributed by atoms with E-state index >= 15 is 0 Å². The molecule has 3 heterocycles. The lowest BCUT2D eigenvalue weighted by molar-refractivity contribution is -0.139. The van der Waals surface area contributed by atoms with Gasteiger partial charge >= 0.3 is 6.03 Å². The summed E-state index contributed by atoms with van der Waals surface area (Å²) in [7, 11) is 0. The normalized spacial score (nSPS) is 24.3. The van der Waals surface area contributed by atoms with Crippen molar-refractivity contribution in [2.24, 2.45) is 5.41 Å². The lowest BCUT2D eigenvalue weighted by Gasteiger charge is -2.48. The Morgan fingerprint density at radius 2 is 2.21 bits per heavy atom. The van der Waals surface area contributed by atoms with Crippen LogP contribution in [0.1, 0.15) is 38.3 Å².